The van der Waals surface area contributed by atoms with Crippen LogP contribution >= 0.6 is 0 Å². The zero-order chi connectivity index (χ0) is 6.91. The molecule has 0 heterocycles. The van der Waals surface area contributed by atoms with E-state index in [0.717, 1.165) is 6.42 Å². The molecule has 0 radical (unpaired) electrons. The average Bonchev–Trinajstić information content (AvgIpc) is 2.13. The van der Waals surface area contributed by atoms with Gasteiger partial charge in [-0.15, -0.1) is 6.42 Å². The predicted molar refractivity (Wildman–Crippen MR) is 39.9 cm³/mol. The Balaban J connectivity index is 2.71. The summed E-state index contributed by atoms with van der Waals surface area (Å²) in [5, 5.41) is 0. The molecule has 2 atom stereocenters. The van der Waals surface area contributed by atoms with E-state index in [4.69, 9.17) is 6.42 Å². The molecule has 0 bridgehead atoms. The molecule has 1 aliphatic rings. The van der Waals surface area contributed by atoms with Crippen molar-refractivity contribution in [2.24, 2.45) is 11.3 Å². The lowest BCUT2D eigenvalue weighted by atomic mass is 9.89. The summed E-state index contributed by atoms with van der Waals surface area (Å²) in [5.74, 6) is 3.46. The Morgan fingerprint density at radius 2 is 2.44 bits per heavy atom. The van der Waals surface area contributed by atoms with Crippen LogP contribution in [0.25, 0.3) is 0 Å². The highest BCUT2D eigenvalue weighted by Gasteiger charge is 2.24. The second-order valence-electron chi connectivity index (χ2n) is 3.10. The van der Waals surface area contributed by atoms with E-state index in [2.05, 4.69) is 31.9 Å². The van der Waals surface area contributed by atoms with E-state index in [1.54, 1.807) is 0 Å². The van der Waals surface area contributed by atoms with E-state index in [-0.39, 0.29) is 5.41 Å². The molecule has 1 aliphatic carbocycles. The minimum Gasteiger partial charge on any atom is -0.119 e. The summed E-state index contributed by atoms with van der Waals surface area (Å²) in [7, 11) is 0. The number of hydrogen-bond donors (Lipinski definition) is 0. The molecule has 0 aromatic rings. The van der Waals surface area contributed by atoms with Crippen molar-refractivity contribution in [3.8, 4) is 12.3 Å². The maximum atomic E-state index is 5.33. The quantitative estimate of drug-likeness (QED) is 0.339. The molecule has 0 spiro atoms. The zero-order valence-electron chi connectivity index (χ0n) is 6.02. The van der Waals surface area contributed by atoms with Crippen LogP contribution in [-0.2, 0) is 0 Å². The Bertz CT molecular complexity index is 171. The number of allylic oxidation sites excluding steroid dienone is 2. The molecule has 9 heavy (non-hydrogen) atoms. The Morgan fingerprint density at radius 3 is 2.67 bits per heavy atom. The van der Waals surface area contributed by atoms with Crippen molar-refractivity contribution in [2.75, 3.05) is 0 Å². The first-order valence-corrected chi connectivity index (χ1v) is 3.33. The van der Waals surface area contributed by atoms with Crippen LogP contribution in [0.4, 0.5) is 0 Å². The van der Waals surface area contributed by atoms with Crippen molar-refractivity contribution < 1.29 is 0 Å². The maximum absolute atomic E-state index is 5.33. The van der Waals surface area contributed by atoms with Crippen LogP contribution in [0, 0.1) is 23.7 Å². The average molecular weight is 120 g/mol. The fourth-order valence-corrected chi connectivity index (χ4v) is 1.29. The molecule has 0 heteroatoms. The largest absolute Gasteiger partial charge is 0.119 e. The van der Waals surface area contributed by atoms with Gasteiger partial charge in [0.05, 0.1) is 0 Å². The van der Waals surface area contributed by atoms with Crippen molar-refractivity contribution in [3.63, 3.8) is 0 Å². The first-order chi connectivity index (χ1) is 4.16. The molecule has 0 saturated carbocycles. The van der Waals surface area contributed by atoms with Gasteiger partial charge in [0.25, 0.3) is 0 Å². The van der Waals surface area contributed by atoms with Crippen LogP contribution in [0.3, 0.4) is 0 Å². The van der Waals surface area contributed by atoms with Crippen LogP contribution in [0.1, 0.15) is 20.3 Å². The number of terminal acetylenes is 1. The Morgan fingerprint density at radius 1 is 1.78 bits per heavy atom. The van der Waals surface area contributed by atoms with Gasteiger partial charge in [0, 0.05) is 5.41 Å². The third kappa shape index (κ3) is 1.16. The Labute approximate surface area is 57.0 Å². The molecule has 48 valence electrons. The molecule has 0 aliphatic heterocycles. The molecule has 0 aromatic carbocycles. The van der Waals surface area contributed by atoms with E-state index < -0.39 is 0 Å². The third-order valence-electron chi connectivity index (χ3n) is 1.87. The molecular formula is C9H12. The molecular weight excluding hydrogens is 108 g/mol. The Kier molecular flexibility index (Phi) is 1.37. The molecule has 0 fully saturated rings. The van der Waals surface area contributed by atoms with Crippen LogP contribution in [0.2, 0.25) is 0 Å². The minimum atomic E-state index is 0.0550. The second-order valence-corrected chi connectivity index (χ2v) is 3.10. The summed E-state index contributed by atoms with van der Waals surface area (Å²) in [4.78, 5) is 0. The lowest BCUT2D eigenvalue weighted by Gasteiger charge is -2.13. The lowest BCUT2D eigenvalue weighted by Crippen LogP contribution is -2.06. The Hall–Kier alpha value is -0.700. The molecule has 0 saturated heterocycles. The summed E-state index contributed by atoms with van der Waals surface area (Å²) in [6, 6.07) is 0. The first kappa shape index (κ1) is 6.42. The van der Waals surface area contributed by atoms with Crippen molar-refractivity contribution in [3.05, 3.63) is 12.2 Å². The molecule has 0 aromatic heterocycles. The maximum Gasteiger partial charge on any atom is 0.0468 e. The van der Waals surface area contributed by atoms with Crippen LogP contribution in [0.5, 0.6) is 0 Å². The van der Waals surface area contributed by atoms with E-state index in [9.17, 15) is 0 Å². The third-order valence-corrected chi connectivity index (χ3v) is 1.87. The van der Waals surface area contributed by atoms with Crippen molar-refractivity contribution in [1.29, 1.82) is 0 Å². The van der Waals surface area contributed by atoms with Crippen molar-refractivity contribution >= 4 is 0 Å². The van der Waals surface area contributed by atoms with Gasteiger partial charge in [-0.25, -0.2) is 0 Å². The minimum absolute atomic E-state index is 0.0550. The van der Waals surface area contributed by atoms with Crippen LogP contribution in [-0.4, -0.2) is 0 Å². The standard InChI is InChI=1S/C9H12/c1-4-9(3)6-5-8(2)7-9/h1,5-6,8H,7H2,2-3H3/t8-,9-/m0/s1. The summed E-state index contributed by atoms with van der Waals surface area (Å²) < 4.78 is 0. The first-order valence-electron chi connectivity index (χ1n) is 3.33. The van der Waals surface area contributed by atoms with E-state index in [0.29, 0.717) is 5.92 Å². The number of hydrogen-bond acceptors (Lipinski definition) is 0. The predicted octanol–water partition coefficient (Wildman–Crippen LogP) is 2.22. The summed E-state index contributed by atoms with van der Waals surface area (Å²) >= 11 is 0. The zero-order valence-corrected chi connectivity index (χ0v) is 6.02. The van der Waals surface area contributed by atoms with Gasteiger partial charge in [-0.05, 0) is 19.3 Å². The molecule has 0 N–H and O–H groups in total. The molecule has 1 rings (SSSR count). The van der Waals surface area contributed by atoms with Gasteiger partial charge >= 0.3 is 0 Å². The van der Waals surface area contributed by atoms with Gasteiger partial charge in [0.15, 0.2) is 0 Å². The normalized spacial score (nSPS) is 40.8. The number of rotatable bonds is 0. The van der Waals surface area contributed by atoms with Gasteiger partial charge in [-0.2, -0.15) is 0 Å². The van der Waals surface area contributed by atoms with Gasteiger partial charge in [0.1, 0.15) is 0 Å². The topological polar surface area (TPSA) is 0 Å². The van der Waals surface area contributed by atoms with Crippen molar-refractivity contribution in [1.82, 2.24) is 0 Å². The molecule has 0 unspecified atom stereocenters. The highest BCUT2D eigenvalue weighted by Crippen LogP contribution is 2.33. The fraction of sp³-hybridized carbons (Fsp3) is 0.556. The van der Waals surface area contributed by atoms with E-state index in [1.165, 1.54) is 0 Å². The van der Waals surface area contributed by atoms with Gasteiger partial charge in [-0.3, -0.25) is 0 Å². The SMILES string of the molecule is C#C[C@@]1(C)C=C[C@H](C)C1. The van der Waals surface area contributed by atoms with Crippen molar-refractivity contribution in [2.45, 2.75) is 20.3 Å². The highest BCUT2D eigenvalue weighted by molar-refractivity contribution is 5.20. The monoisotopic (exact) mass is 120 g/mol. The lowest BCUT2D eigenvalue weighted by molar-refractivity contribution is 0.495. The smallest absolute Gasteiger partial charge is 0.0468 e. The summed E-state index contributed by atoms with van der Waals surface area (Å²) in [5.41, 5.74) is 0.0550. The van der Waals surface area contributed by atoms with Crippen LogP contribution in [0.15, 0.2) is 12.2 Å². The summed E-state index contributed by atoms with van der Waals surface area (Å²) in [6.07, 6.45) is 10.8. The summed E-state index contributed by atoms with van der Waals surface area (Å²) in [6.45, 7) is 4.30. The van der Waals surface area contributed by atoms with Gasteiger partial charge in [-0.1, -0.05) is 25.0 Å². The van der Waals surface area contributed by atoms with Crippen LogP contribution < -0.4 is 0 Å². The van der Waals surface area contributed by atoms with Gasteiger partial charge < -0.3 is 0 Å². The van der Waals surface area contributed by atoms with E-state index in [1.807, 2.05) is 0 Å². The molecule has 0 amide bonds. The molecule has 0 nitrogen and oxygen atoms in total. The second kappa shape index (κ2) is 1.92. The van der Waals surface area contributed by atoms with Gasteiger partial charge in [0.2, 0.25) is 0 Å². The fourth-order valence-electron chi connectivity index (χ4n) is 1.29. The highest BCUT2D eigenvalue weighted by atomic mass is 14.3. The van der Waals surface area contributed by atoms with E-state index >= 15 is 0 Å².